The van der Waals surface area contributed by atoms with Crippen LogP contribution in [0.15, 0.2) is 5.41 Å². The van der Waals surface area contributed by atoms with Crippen molar-refractivity contribution in [3.05, 3.63) is 5.41 Å². The van der Waals surface area contributed by atoms with Gasteiger partial charge < -0.3 is 0 Å². The predicted molar refractivity (Wildman–Crippen MR) is 27.2 cm³/mol. The molecule has 0 aliphatic carbocycles. The van der Waals surface area contributed by atoms with Crippen LogP contribution in [-0.4, -0.2) is 10.2 Å². The van der Waals surface area contributed by atoms with E-state index in [-0.39, 0.29) is 0 Å². The molecule has 7 heavy (non-hydrogen) atoms. The zero-order valence-corrected chi connectivity index (χ0v) is 4.20. The van der Waals surface area contributed by atoms with Crippen LogP contribution in [-0.2, 0) is 15.6 Å². The minimum Gasteiger partial charge on any atom is -0.240 e. The summed E-state index contributed by atoms with van der Waals surface area (Å²) in [5.74, 6) is 1.30. The summed E-state index contributed by atoms with van der Waals surface area (Å²) in [6.45, 7) is 0. The first-order valence-corrected chi connectivity index (χ1v) is 2.60. The lowest BCUT2D eigenvalue weighted by molar-refractivity contribution is 0.569. The molecule has 0 aliphatic rings. The maximum absolute atomic E-state index is 9.97. The number of terminal acetylenes is 1. The maximum Gasteiger partial charge on any atom is 0.135 e. The largest absolute Gasteiger partial charge is 0.240 e. The van der Waals surface area contributed by atoms with Crippen LogP contribution < -0.4 is 0 Å². The van der Waals surface area contributed by atoms with E-state index in [9.17, 15) is 9.00 Å². The molecule has 0 heterocycles. The second-order valence-electron chi connectivity index (χ2n) is 0.651. The number of hydrogen-bond acceptors (Lipinski definition) is 2. The highest BCUT2D eigenvalue weighted by Gasteiger charge is 1.77. The first-order chi connectivity index (χ1) is 3.31. The van der Waals surface area contributed by atoms with Crippen molar-refractivity contribution in [2.45, 2.75) is 0 Å². The van der Waals surface area contributed by atoms with Gasteiger partial charge in [0.2, 0.25) is 0 Å². The van der Waals surface area contributed by atoms with Crippen molar-refractivity contribution in [1.29, 1.82) is 0 Å². The molecule has 1 atom stereocenters. The van der Waals surface area contributed by atoms with Crippen molar-refractivity contribution in [1.82, 2.24) is 0 Å². The molecule has 3 heteroatoms. The van der Waals surface area contributed by atoms with E-state index in [0.717, 1.165) is 5.41 Å². The Hall–Kier alpha value is -0.840. The highest BCUT2D eigenvalue weighted by molar-refractivity contribution is 7.92. The molecule has 0 spiro atoms. The number of rotatable bonds is 1. The third kappa shape index (κ3) is 2.98. The number of carbonyl (C=O) groups excluding carboxylic acids is 1. The lowest BCUT2D eigenvalue weighted by atomic mass is 11.2. The van der Waals surface area contributed by atoms with Crippen LogP contribution in [0.2, 0.25) is 0 Å². The van der Waals surface area contributed by atoms with E-state index in [4.69, 9.17) is 0 Å². The van der Waals surface area contributed by atoms with Crippen LogP contribution in [0, 0.1) is 11.7 Å². The van der Waals surface area contributed by atoms with Gasteiger partial charge in [-0.15, -0.1) is 6.42 Å². The van der Waals surface area contributed by atoms with E-state index >= 15 is 0 Å². The standard InChI is InChI=1S/C4H2O2S/c1-2-7(6)4-3-5/h1,4H. The van der Waals surface area contributed by atoms with E-state index in [2.05, 4.69) is 6.42 Å². The average Bonchev–Trinajstić information content (AvgIpc) is 1.68. The average molecular weight is 114 g/mol. The first-order valence-electron chi connectivity index (χ1n) is 1.39. The molecule has 0 amide bonds. The van der Waals surface area contributed by atoms with Gasteiger partial charge in [-0.3, -0.25) is 0 Å². The van der Waals surface area contributed by atoms with Crippen LogP contribution in [0.1, 0.15) is 0 Å². The Balaban J connectivity index is 3.91. The molecule has 0 saturated heterocycles. The first kappa shape index (κ1) is 6.16. The molecule has 0 fully saturated rings. The second kappa shape index (κ2) is 3.35. The lowest BCUT2D eigenvalue weighted by Gasteiger charge is -1.64. The van der Waals surface area contributed by atoms with Gasteiger partial charge in [0.1, 0.15) is 16.7 Å². The molecule has 0 bridgehead atoms. The third-order valence-corrected chi connectivity index (χ3v) is 0.814. The monoisotopic (exact) mass is 114 g/mol. The Morgan fingerprint density at radius 3 is 2.43 bits per heavy atom. The summed E-state index contributed by atoms with van der Waals surface area (Å²) in [4.78, 5) is 9.30. The molecule has 0 saturated carbocycles. The van der Waals surface area contributed by atoms with Crippen LogP contribution in [0.4, 0.5) is 0 Å². The van der Waals surface area contributed by atoms with Gasteiger partial charge in [0.05, 0.1) is 5.41 Å². The molecule has 0 N–H and O–H groups in total. The van der Waals surface area contributed by atoms with Gasteiger partial charge in [-0.05, 0) is 0 Å². The maximum atomic E-state index is 9.97. The van der Waals surface area contributed by atoms with E-state index in [0.29, 0.717) is 0 Å². The van der Waals surface area contributed by atoms with E-state index in [1.54, 1.807) is 0 Å². The van der Waals surface area contributed by atoms with Crippen LogP contribution >= 0.6 is 0 Å². The Morgan fingerprint density at radius 2 is 2.29 bits per heavy atom. The lowest BCUT2D eigenvalue weighted by Crippen LogP contribution is -1.72. The Bertz CT molecular complexity index is 159. The SMILES string of the molecule is C#CS(=O)C=C=O. The molecule has 0 aromatic rings. The number of hydrogen-bond donors (Lipinski definition) is 0. The van der Waals surface area contributed by atoms with Crippen molar-refractivity contribution < 1.29 is 9.00 Å². The Morgan fingerprint density at radius 1 is 1.71 bits per heavy atom. The normalized spacial score (nSPS) is 10.7. The highest BCUT2D eigenvalue weighted by Crippen LogP contribution is 1.71. The van der Waals surface area contributed by atoms with Gasteiger partial charge in [0.25, 0.3) is 0 Å². The minimum atomic E-state index is -1.55. The Labute approximate surface area is 43.7 Å². The molecule has 1 unspecified atom stereocenters. The summed E-state index contributed by atoms with van der Waals surface area (Å²) in [6, 6.07) is 0. The molecule has 0 aromatic heterocycles. The van der Waals surface area contributed by atoms with E-state index in [1.807, 2.05) is 5.25 Å². The molecule has 2 nitrogen and oxygen atoms in total. The zero-order valence-electron chi connectivity index (χ0n) is 3.38. The van der Waals surface area contributed by atoms with Crippen LogP contribution in [0.3, 0.4) is 0 Å². The summed E-state index contributed by atoms with van der Waals surface area (Å²) in [5.41, 5.74) is 0. The van der Waals surface area contributed by atoms with E-state index in [1.165, 1.54) is 5.94 Å². The fraction of sp³-hybridized carbons (Fsp3) is 0. The molecule has 0 radical (unpaired) electrons. The molecular weight excluding hydrogens is 112 g/mol. The zero-order chi connectivity index (χ0) is 5.70. The van der Waals surface area contributed by atoms with E-state index < -0.39 is 10.8 Å². The van der Waals surface area contributed by atoms with Crippen molar-refractivity contribution in [2.75, 3.05) is 0 Å². The summed E-state index contributed by atoms with van der Waals surface area (Å²) in [7, 11) is -1.55. The summed E-state index contributed by atoms with van der Waals surface area (Å²) >= 11 is 0. The van der Waals surface area contributed by atoms with Crippen molar-refractivity contribution in [3.63, 3.8) is 0 Å². The third-order valence-electron chi connectivity index (χ3n) is 0.271. The smallest absolute Gasteiger partial charge is 0.135 e. The van der Waals surface area contributed by atoms with Crippen molar-refractivity contribution in [3.8, 4) is 11.7 Å². The van der Waals surface area contributed by atoms with Crippen LogP contribution in [0.25, 0.3) is 0 Å². The van der Waals surface area contributed by atoms with Crippen molar-refractivity contribution in [2.24, 2.45) is 0 Å². The second-order valence-corrected chi connectivity index (χ2v) is 1.72. The minimum absolute atomic E-state index is 0.778. The predicted octanol–water partition coefficient (Wildman–Crippen LogP) is -0.329. The van der Waals surface area contributed by atoms with Gasteiger partial charge in [0.15, 0.2) is 0 Å². The van der Waals surface area contributed by atoms with Gasteiger partial charge >= 0.3 is 0 Å². The summed E-state index contributed by atoms with van der Waals surface area (Å²) < 4.78 is 9.97. The summed E-state index contributed by atoms with van der Waals surface area (Å²) in [5, 5.41) is 2.60. The summed E-state index contributed by atoms with van der Waals surface area (Å²) in [6.07, 6.45) is 4.60. The van der Waals surface area contributed by atoms with Gasteiger partial charge in [-0.1, -0.05) is 0 Å². The quantitative estimate of drug-likeness (QED) is 0.345. The van der Waals surface area contributed by atoms with Crippen molar-refractivity contribution >= 4 is 16.7 Å². The van der Waals surface area contributed by atoms with Gasteiger partial charge in [-0.25, -0.2) is 9.00 Å². The highest BCUT2D eigenvalue weighted by atomic mass is 32.2. The fourth-order valence-corrected chi connectivity index (χ4v) is 0.233. The molecular formula is C4H2O2S. The molecule has 36 valence electrons. The fourth-order valence-electron chi connectivity index (χ4n) is 0.0777. The topological polar surface area (TPSA) is 34.1 Å². The van der Waals surface area contributed by atoms with Gasteiger partial charge in [0, 0.05) is 5.25 Å². The molecule has 0 aliphatic heterocycles. The molecule has 0 aromatic carbocycles. The Kier molecular flexibility index (Phi) is 2.95. The van der Waals surface area contributed by atoms with Crippen LogP contribution in [0.5, 0.6) is 0 Å². The van der Waals surface area contributed by atoms with Gasteiger partial charge in [-0.2, -0.15) is 0 Å². The molecule has 0 rings (SSSR count).